The molecule has 0 unspecified atom stereocenters. The molecule has 0 heterocycles. The lowest BCUT2D eigenvalue weighted by molar-refractivity contribution is 0.621. The summed E-state index contributed by atoms with van der Waals surface area (Å²) in [5.74, 6) is -0.329. The van der Waals surface area contributed by atoms with E-state index >= 15 is 0 Å². The lowest BCUT2D eigenvalue weighted by Crippen LogP contribution is -2.23. The van der Waals surface area contributed by atoms with Crippen LogP contribution in [0, 0.1) is 5.82 Å². The highest BCUT2D eigenvalue weighted by molar-refractivity contribution is 9.10. The molecule has 16 heavy (non-hydrogen) atoms. The first-order valence-electron chi connectivity index (χ1n) is 5.16. The molecule has 0 bridgehead atoms. The molecule has 0 aromatic heterocycles. The highest BCUT2D eigenvalue weighted by Crippen LogP contribution is 2.28. The van der Waals surface area contributed by atoms with E-state index in [4.69, 9.17) is 5.73 Å². The summed E-state index contributed by atoms with van der Waals surface area (Å²) in [7, 11) is 3.87. The number of hydrogen-bond acceptors (Lipinski definition) is 3. The van der Waals surface area contributed by atoms with Crippen LogP contribution in [0.5, 0.6) is 0 Å². The monoisotopic (exact) mass is 289 g/mol. The van der Waals surface area contributed by atoms with E-state index in [1.807, 2.05) is 19.0 Å². The second-order valence-corrected chi connectivity index (χ2v) is 4.56. The van der Waals surface area contributed by atoms with Crippen molar-refractivity contribution in [2.24, 2.45) is 0 Å². The third-order valence-corrected chi connectivity index (χ3v) is 3.01. The summed E-state index contributed by atoms with van der Waals surface area (Å²) in [5.41, 5.74) is 7.09. The molecule has 3 N–H and O–H groups in total. The Kier molecular flexibility index (Phi) is 5.02. The van der Waals surface area contributed by atoms with Crippen molar-refractivity contribution < 1.29 is 4.39 Å². The second kappa shape index (κ2) is 6.06. The van der Waals surface area contributed by atoms with Crippen LogP contribution in [-0.4, -0.2) is 27.2 Å². The molecule has 0 atom stereocenters. The number of nitrogens with zero attached hydrogens (tertiary/aromatic N) is 1. The molecule has 0 spiro atoms. The van der Waals surface area contributed by atoms with Gasteiger partial charge in [-0.05, 0) is 42.0 Å². The van der Waals surface area contributed by atoms with Gasteiger partial charge in [0.15, 0.2) is 0 Å². The highest BCUT2D eigenvalue weighted by Gasteiger charge is 2.09. The van der Waals surface area contributed by atoms with E-state index in [1.165, 1.54) is 6.07 Å². The third-order valence-electron chi connectivity index (χ3n) is 2.40. The molecule has 5 heteroatoms. The fraction of sp³-hybridized carbons (Fsp3) is 0.455. The Morgan fingerprint density at radius 3 is 2.81 bits per heavy atom. The highest BCUT2D eigenvalue weighted by atomic mass is 79.9. The van der Waals surface area contributed by atoms with E-state index in [9.17, 15) is 4.39 Å². The Morgan fingerprint density at radius 1 is 1.50 bits per heavy atom. The first kappa shape index (κ1) is 13.3. The Labute approximate surface area is 104 Å². The zero-order chi connectivity index (χ0) is 12.1. The van der Waals surface area contributed by atoms with Crippen LogP contribution in [0.3, 0.4) is 0 Å². The predicted molar refractivity (Wildman–Crippen MR) is 70.3 cm³/mol. The van der Waals surface area contributed by atoms with Gasteiger partial charge in [0.05, 0.1) is 15.8 Å². The first-order chi connectivity index (χ1) is 7.56. The van der Waals surface area contributed by atoms with Crippen LogP contribution in [0.15, 0.2) is 16.6 Å². The summed E-state index contributed by atoms with van der Waals surface area (Å²) in [6, 6.07) is 3.05. The maximum absolute atomic E-state index is 13.2. The lowest BCUT2D eigenvalue weighted by Gasteiger charge is -2.21. The number of hydrogen-bond donors (Lipinski definition) is 2. The third kappa shape index (κ3) is 3.35. The maximum atomic E-state index is 13.2. The number of nitrogen functional groups attached to an aromatic ring is 1. The van der Waals surface area contributed by atoms with Crippen molar-refractivity contribution in [3.05, 3.63) is 22.4 Å². The van der Waals surface area contributed by atoms with Crippen LogP contribution in [0.25, 0.3) is 0 Å². The van der Waals surface area contributed by atoms with Crippen LogP contribution in [0.4, 0.5) is 15.8 Å². The van der Waals surface area contributed by atoms with Crippen LogP contribution in [0.2, 0.25) is 0 Å². The summed E-state index contributed by atoms with van der Waals surface area (Å²) in [5, 5.41) is 3.08. The van der Waals surface area contributed by atoms with E-state index in [2.05, 4.69) is 21.2 Å². The van der Waals surface area contributed by atoms with Crippen LogP contribution in [0.1, 0.15) is 6.42 Å². The van der Waals surface area contributed by atoms with Gasteiger partial charge in [0.2, 0.25) is 0 Å². The molecule has 0 fully saturated rings. The molecule has 0 amide bonds. The average Bonchev–Trinajstić information content (AvgIpc) is 2.23. The van der Waals surface area contributed by atoms with Gasteiger partial charge in [0.25, 0.3) is 0 Å². The number of nitrogens with one attached hydrogen (secondary N) is 1. The summed E-state index contributed by atoms with van der Waals surface area (Å²) in [4.78, 5) is 2.02. The second-order valence-electron chi connectivity index (χ2n) is 3.70. The molecule has 1 aromatic carbocycles. The topological polar surface area (TPSA) is 41.3 Å². The molecular formula is C11H17BrFN3. The SMILES string of the molecule is CNCCCN(C)c1cc(Br)c(F)cc1N. The minimum atomic E-state index is -0.329. The quantitative estimate of drug-likeness (QED) is 0.645. The smallest absolute Gasteiger partial charge is 0.139 e. The van der Waals surface area contributed by atoms with Crippen molar-refractivity contribution in [2.45, 2.75) is 6.42 Å². The Hall–Kier alpha value is -0.810. The molecule has 0 saturated carbocycles. The zero-order valence-corrected chi connectivity index (χ0v) is 11.1. The number of rotatable bonds is 5. The standard InChI is InChI=1S/C11H17BrFN3/c1-15-4-3-5-16(2)11-6-8(12)9(13)7-10(11)14/h6-7,15H,3-5,14H2,1-2H3. The fourth-order valence-corrected chi connectivity index (χ4v) is 1.83. The normalized spacial score (nSPS) is 10.5. The molecule has 90 valence electrons. The fourth-order valence-electron chi connectivity index (χ4n) is 1.50. The molecular weight excluding hydrogens is 273 g/mol. The Balaban J connectivity index is 2.75. The van der Waals surface area contributed by atoms with Gasteiger partial charge >= 0.3 is 0 Å². The number of halogens is 2. The van der Waals surface area contributed by atoms with Crippen molar-refractivity contribution in [2.75, 3.05) is 37.8 Å². The van der Waals surface area contributed by atoms with Gasteiger partial charge in [0.1, 0.15) is 5.82 Å². The molecule has 0 radical (unpaired) electrons. The molecule has 0 aliphatic carbocycles. The lowest BCUT2D eigenvalue weighted by atomic mass is 10.2. The molecule has 0 saturated heterocycles. The average molecular weight is 290 g/mol. The number of benzene rings is 1. The van der Waals surface area contributed by atoms with Gasteiger partial charge in [-0.3, -0.25) is 0 Å². The molecule has 0 aliphatic rings. The minimum absolute atomic E-state index is 0.329. The number of anilines is 2. The van der Waals surface area contributed by atoms with Crippen molar-refractivity contribution in [1.29, 1.82) is 0 Å². The molecule has 3 nitrogen and oxygen atoms in total. The largest absolute Gasteiger partial charge is 0.397 e. The van der Waals surface area contributed by atoms with Crippen molar-refractivity contribution in [1.82, 2.24) is 5.32 Å². The summed E-state index contributed by atoms with van der Waals surface area (Å²) in [6.07, 6.45) is 1.02. The van der Waals surface area contributed by atoms with Crippen molar-refractivity contribution >= 4 is 27.3 Å². The first-order valence-corrected chi connectivity index (χ1v) is 5.95. The zero-order valence-electron chi connectivity index (χ0n) is 9.56. The van der Waals surface area contributed by atoms with Gasteiger partial charge in [-0.15, -0.1) is 0 Å². The van der Waals surface area contributed by atoms with E-state index in [-0.39, 0.29) is 5.82 Å². The van der Waals surface area contributed by atoms with Crippen LogP contribution < -0.4 is 16.0 Å². The molecule has 1 rings (SSSR count). The molecule has 1 aromatic rings. The predicted octanol–water partition coefficient (Wildman–Crippen LogP) is 2.22. The summed E-state index contributed by atoms with van der Waals surface area (Å²) in [6.45, 7) is 1.83. The van der Waals surface area contributed by atoms with Gasteiger partial charge in [0, 0.05) is 19.7 Å². The maximum Gasteiger partial charge on any atom is 0.139 e. The summed E-state index contributed by atoms with van der Waals surface area (Å²) >= 11 is 3.16. The van der Waals surface area contributed by atoms with Crippen molar-refractivity contribution in [3.8, 4) is 0 Å². The van der Waals surface area contributed by atoms with Crippen molar-refractivity contribution in [3.63, 3.8) is 0 Å². The van der Waals surface area contributed by atoms with Gasteiger partial charge < -0.3 is 16.0 Å². The molecule has 0 aliphatic heterocycles. The van der Waals surface area contributed by atoms with Gasteiger partial charge in [-0.1, -0.05) is 0 Å². The Morgan fingerprint density at radius 2 is 2.19 bits per heavy atom. The summed E-state index contributed by atoms with van der Waals surface area (Å²) < 4.78 is 13.6. The number of nitrogens with two attached hydrogens (primary N) is 1. The van der Waals surface area contributed by atoms with Gasteiger partial charge in [-0.25, -0.2) is 4.39 Å². The van der Waals surface area contributed by atoms with Crippen LogP contribution in [-0.2, 0) is 0 Å². The van der Waals surface area contributed by atoms with E-state index in [0.717, 1.165) is 25.2 Å². The van der Waals surface area contributed by atoms with Crippen LogP contribution >= 0.6 is 15.9 Å². The van der Waals surface area contributed by atoms with E-state index < -0.39 is 0 Å². The van der Waals surface area contributed by atoms with Gasteiger partial charge in [-0.2, -0.15) is 0 Å². The minimum Gasteiger partial charge on any atom is -0.397 e. The van der Waals surface area contributed by atoms with E-state index in [1.54, 1.807) is 6.07 Å². The Bertz CT molecular complexity index is 357. The van der Waals surface area contributed by atoms with E-state index in [0.29, 0.717) is 10.2 Å².